The lowest BCUT2D eigenvalue weighted by Gasteiger charge is -2.02. The van der Waals surface area contributed by atoms with Crippen molar-refractivity contribution in [3.63, 3.8) is 0 Å². The minimum absolute atomic E-state index is 0.218. The summed E-state index contributed by atoms with van der Waals surface area (Å²) in [6.45, 7) is 2.08. The van der Waals surface area contributed by atoms with Gasteiger partial charge in [0.25, 0.3) is 0 Å². The largest absolute Gasteiger partial charge is 0.257 e. The van der Waals surface area contributed by atoms with Crippen molar-refractivity contribution in [3.8, 4) is 0 Å². The molecule has 1 unspecified atom stereocenters. The summed E-state index contributed by atoms with van der Waals surface area (Å²) >= 11 is 0. The van der Waals surface area contributed by atoms with E-state index in [1.165, 1.54) is 0 Å². The van der Waals surface area contributed by atoms with Gasteiger partial charge in [-0.15, -0.1) is 0 Å². The van der Waals surface area contributed by atoms with Gasteiger partial charge in [0.1, 0.15) is 11.9 Å². The minimum atomic E-state index is 0.218. The Morgan fingerprint density at radius 2 is 2.36 bits per heavy atom. The molecule has 11 heavy (non-hydrogen) atoms. The number of nitrogens with zero attached hydrogens (tertiary/aromatic N) is 2. The van der Waals surface area contributed by atoms with Crippen LogP contribution in [0.1, 0.15) is 13.3 Å². The smallest absolute Gasteiger partial charge is 0.124 e. The summed E-state index contributed by atoms with van der Waals surface area (Å²) in [7, 11) is 0. The van der Waals surface area contributed by atoms with E-state index in [2.05, 4.69) is 23.0 Å². The molecule has 56 valence electrons. The van der Waals surface area contributed by atoms with E-state index < -0.39 is 0 Å². The van der Waals surface area contributed by atoms with Crippen LogP contribution < -0.4 is 0 Å². The van der Waals surface area contributed by atoms with Gasteiger partial charge in [-0.1, -0.05) is 25.2 Å². The molecular formula is C9H10N2. The lowest BCUT2D eigenvalue weighted by molar-refractivity contribution is 1.09. The van der Waals surface area contributed by atoms with Gasteiger partial charge in [-0.3, -0.25) is 4.99 Å². The zero-order valence-electron chi connectivity index (χ0n) is 6.49. The predicted octanol–water partition coefficient (Wildman–Crippen LogP) is 1.74. The van der Waals surface area contributed by atoms with Crippen LogP contribution in [0.3, 0.4) is 0 Å². The number of fused-ring (bicyclic) bond motifs is 1. The van der Waals surface area contributed by atoms with Gasteiger partial charge in [0, 0.05) is 6.42 Å². The topological polar surface area (TPSA) is 24.7 Å². The summed E-state index contributed by atoms with van der Waals surface area (Å²) in [4.78, 5) is 8.76. The molecule has 0 aromatic carbocycles. The average Bonchev–Trinajstić information content (AvgIpc) is 2.46. The standard InChI is InChI=1S/C9H10N2/c1-2-9-10-7-5-3-4-6-8(7)11-9/h3-7H,2H2,1H3. The number of hydrogen-bond donors (Lipinski definition) is 0. The maximum absolute atomic E-state index is 4.40. The number of rotatable bonds is 1. The van der Waals surface area contributed by atoms with E-state index >= 15 is 0 Å². The Balaban J connectivity index is 2.31. The molecule has 1 heterocycles. The number of allylic oxidation sites excluding steroid dienone is 2. The van der Waals surface area contributed by atoms with Gasteiger partial charge in [-0.05, 0) is 6.08 Å². The van der Waals surface area contributed by atoms with E-state index in [4.69, 9.17) is 0 Å². The van der Waals surface area contributed by atoms with Crippen LogP contribution >= 0.6 is 0 Å². The molecule has 0 radical (unpaired) electrons. The number of amidine groups is 1. The molecule has 0 amide bonds. The highest BCUT2D eigenvalue weighted by Gasteiger charge is 2.17. The quantitative estimate of drug-likeness (QED) is 0.538. The summed E-state index contributed by atoms with van der Waals surface area (Å²) in [5.41, 5.74) is 1.09. The molecule has 0 aromatic heterocycles. The van der Waals surface area contributed by atoms with Crippen LogP contribution in [0.2, 0.25) is 0 Å². The molecule has 1 aliphatic heterocycles. The molecular weight excluding hydrogens is 136 g/mol. The highest BCUT2D eigenvalue weighted by molar-refractivity contribution is 6.12. The first-order chi connectivity index (χ1) is 5.40. The Hall–Kier alpha value is -1.18. The first kappa shape index (κ1) is 6.53. The Bertz CT molecular complexity index is 282. The first-order valence-corrected chi connectivity index (χ1v) is 3.90. The van der Waals surface area contributed by atoms with Crippen molar-refractivity contribution in [1.29, 1.82) is 0 Å². The zero-order chi connectivity index (χ0) is 7.68. The van der Waals surface area contributed by atoms with Crippen molar-refractivity contribution >= 4 is 11.5 Å². The van der Waals surface area contributed by atoms with Gasteiger partial charge in [0.2, 0.25) is 0 Å². The summed E-state index contributed by atoms with van der Waals surface area (Å²) in [5, 5.41) is 0. The zero-order valence-corrected chi connectivity index (χ0v) is 6.49. The molecule has 2 heteroatoms. The molecule has 0 saturated heterocycles. The SMILES string of the molecule is CCC1=NC2C=CC=CC2=N1. The summed E-state index contributed by atoms with van der Waals surface area (Å²) < 4.78 is 0. The molecule has 2 aliphatic rings. The van der Waals surface area contributed by atoms with Gasteiger partial charge >= 0.3 is 0 Å². The molecule has 0 bridgehead atoms. The molecule has 0 aromatic rings. The van der Waals surface area contributed by atoms with Gasteiger partial charge in [0.15, 0.2) is 0 Å². The van der Waals surface area contributed by atoms with Crippen LogP contribution in [0.5, 0.6) is 0 Å². The lowest BCUT2D eigenvalue weighted by atomic mass is 10.1. The second-order valence-corrected chi connectivity index (χ2v) is 2.62. The van der Waals surface area contributed by atoms with Crippen molar-refractivity contribution in [2.45, 2.75) is 19.4 Å². The lowest BCUT2D eigenvalue weighted by Crippen LogP contribution is -2.11. The Morgan fingerprint density at radius 3 is 3.09 bits per heavy atom. The normalized spacial score (nSPS) is 26.5. The molecule has 2 rings (SSSR count). The fraction of sp³-hybridized carbons (Fsp3) is 0.333. The highest BCUT2D eigenvalue weighted by atomic mass is 15.0. The average molecular weight is 146 g/mol. The van der Waals surface area contributed by atoms with Gasteiger partial charge in [-0.2, -0.15) is 0 Å². The maximum atomic E-state index is 4.40. The maximum Gasteiger partial charge on any atom is 0.124 e. The molecule has 1 aliphatic carbocycles. The van der Waals surface area contributed by atoms with Gasteiger partial charge in [-0.25, -0.2) is 4.99 Å². The van der Waals surface area contributed by atoms with E-state index in [0.29, 0.717) is 0 Å². The summed E-state index contributed by atoms with van der Waals surface area (Å²) in [5.74, 6) is 0.973. The molecule has 0 spiro atoms. The third kappa shape index (κ3) is 1.04. The van der Waals surface area contributed by atoms with Crippen molar-refractivity contribution < 1.29 is 0 Å². The fourth-order valence-corrected chi connectivity index (χ4v) is 1.24. The Labute approximate surface area is 66.1 Å². The van der Waals surface area contributed by atoms with Crippen LogP contribution in [0.15, 0.2) is 34.3 Å². The van der Waals surface area contributed by atoms with Gasteiger partial charge in [0.05, 0.1) is 5.71 Å². The Morgan fingerprint density at radius 1 is 1.45 bits per heavy atom. The van der Waals surface area contributed by atoms with Crippen LogP contribution in [-0.4, -0.2) is 17.6 Å². The van der Waals surface area contributed by atoms with Crippen LogP contribution in [0, 0.1) is 0 Å². The van der Waals surface area contributed by atoms with Crippen molar-refractivity contribution in [2.75, 3.05) is 0 Å². The third-order valence-corrected chi connectivity index (χ3v) is 1.84. The Kier molecular flexibility index (Phi) is 1.46. The van der Waals surface area contributed by atoms with E-state index in [1.54, 1.807) is 0 Å². The molecule has 0 fully saturated rings. The third-order valence-electron chi connectivity index (χ3n) is 1.84. The number of aliphatic imine (C=N–C) groups is 2. The van der Waals surface area contributed by atoms with E-state index in [1.807, 2.05) is 18.2 Å². The van der Waals surface area contributed by atoms with E-state index in [-0.39, 0.29) is 6.04 Å². The minimum Gasteiger partial charge on any atom is -0.257 e. The van der Waals surface area contributed by atoms with Crippen LogP contribution in [0.4, 0.5) is 0 Å². The molecule has 1 atom stereocenters. The second kappa shape index (κ2) is 2.46. The highest BCUT2D eigenvalue weighted by Crippen LogP contribution is 2.13. The molecule has 0 saturated carbocycles. The van der Waals surface area contributed by atoms with Crippen LogP contribution in [0.25, 0.3) is 0 Å². The number of hydrogen-bond acceptors (Lipinski definition) is 2. The van der Waals surface area contributed by atoms with E-state index in [0.717, 1.165) is 18.0 Å². The molecule has 0 N–H and O–H groups in total. The molecule has 2 nitrogen and oxygen atoms in total. The van der Waals surface area contributed by atoms with Gasteiger partial charge < -0.3 is 0 Å². The summed E-state index contributed by atoms with van der Waals surface area (Å²) in [6.07, 6.45) is 9.05. The second-order valence-electron chi connectivity index (χ2n) is 2.62. The monoisotopic (exact) mass is 146 g/mol. The fourth-order valence-electron chi connectivity index (χ4n) is 1.24. The van der Waals surface area contributed by atoms with Crippen molar-refractivity contribution in [1.82, 2.24) is 0 Å². The van der Waals surface area contributed by atoms with E-state index in [9.17, 15) is 0 Å². The van der Waals surface area contributed by atoms with Crippen molar-refractivity contribution in [3.05, 3.63) is 24.3 Å². The van der Waals surface area contributed by atoms with Crippen LogP contribution in [-0.2, 0) is 0 Å². The first-order valence-electron chi connectivity index (χ1n) is 3.90. The summed E-state index contributed by atoms with van der Waals surface area (Å²) in [6, 6.07) is 0.218. The predicted molar refractivity (Wildman–Crippen MR) is 47.2 cm³/mol. The van der Waals surface area contributed by atoms with Crippen molar-refractivity contribution in [2.24, 2.45) is 9.98 Å².